The van der Waals surface area contributed by atoms with E-state index in [1.165, 1.54) is 5.56 Å². The lowest BCUT2D eigenvalue weighted by Gasteiger charge is -2.26. The molecule has 0 atom stereocenters. The zero-order chi connectivity index (χ0) is 17.7. The Morgan fingerprint density at radius 3 is 2.76 bits per heavy atom. The number of benzene rings is 1. The third-order valence-electron chi connectivity index (χ3n) is 4.66. The van der Waals surface area contributed by atoms with Crippen molar-refractivity contribution in [1.82, 2.24) is 25.4 Å². The summed E-state index contributed by atoms with van der Waals surface area (Å²) in [7, 11) is 0. The highest BCUT2D eigenvalue weighted by Crippen LogP contribution is 2.21. The SMILES string of the molecule is CCNC(=NCc1nnc2n1CCC2)NCC(C)(C)c1ccccc1. The van der Waals surface area contributed by atoms with E-state index in [0.29, 0.717) is 6.54 Å². The van der Waals surface area contributed by atoms with Crippen LogP contribution in [-0.2, 0) is 24.9 Å². The second-order valence-corrected chi connectivity index (χ2v) is 7.09. The molecule has 0 bridgehead atoms. The van der Waals surface area contributed by atoms with Crippen LogP contribution in [0.2, 0.25) is 0 Å². The van der Waals surface area contributed by atoms with Gasteiger partial charge in [0.1, 0.15) is 12.4 Å². The Labute approximate surface area is 149 Å². The fourth-order valence-electron chi connectivity index (χ4n) is 3.12. The van der Waals surface area contributed by atoms with E-state index >= 15 is 0 Å². The first-order valence-corrected chi connectivity index (χ1v) is 9.09. The number of fused-ring (bicyclic) bond motifs is 1. The van der Waals surface area contributed by atoms with Gasteiger partial charge < -0.3 is 15.2 Å². The largest absolute Gasteiger partial charge is 0.357 e. The van der Waals surface area contributed by atoms with Crippen LogP contribution in [0.4, 0.5) is 0 Å². The molecular weight excluding hydrogens is 312 g/mol. The van der Waals surface area contributed by atoms with Crippen molar-refractivity contribution in [1.29, 1.82) is 0 Å². The zero-order valence-electron chi connectivity index (χ0n) is 15.4. The average Bonchev–Trinajstić information content (AvgIpc) is 3.22. The quantitative estimate of drug-likeness (QED) is 0.625. The van der Waals surface area contributed by atoms with Gasteiger partial charge in [-0.1, -0.05) is 44.2 Å². The van der Waals surface area contributed by atoms with E-state index in [-0.39, 0.29) is 5.41 Å². The molecule has 1 aromatic carbocycles. The van der Waals surface area contributed by atoms with Gasteiger partial charge in [-0.25, -0.2) is 4.99 Å². The first-order chi connectivity index (χ1) is 12.1. The molecule has 6 nitrogen and oxygen atoms in total. The van der Waals surface area contributed by atoms with Gasteiger partial charge in [-0.3, -0.25) is 0 Å². The van der Waals surface area contributed by atoms with E-state index in [2.05, 4.69) is 76.5 Å². The van der Waals surface area contributed by atoms with Crippen LogP contribution in [0.15, 0.2) is 35.3 Å². The van der Waals surface area contributed by atoms with Gasteiger partial charge in [0.15, 0.2) is 11.8 Å². The van der Waals surface area contributed by atoms with Crippen molar-refractivity contribution in [3.05, 3.63) is 47.5 Å². The molecule has 2 aromatic rings. The molecular formula is C19H28N6. The van der Waals surface area contributed by atoms with Gasteiger partial charge in [0.2, 0.25) is 0 Å². The van der Waals surface area contributed by atoms with Crippen LogP contribution in [0.1, 0.15) is 44.4 Å². The number of rotatable bonds is 6. The molecule has 2 heterocycles. The summed E-state index contributed by atoms with van der Waals surface area (Å²) < 4.78 is 2.20. The smallest absolute Gasteiger partial charge is 0.191 e. The third-order valence-corrected chi connectivity index (χ3v) is 4.66. The molecule has 0 amide bonds. The van der Waals surface area contributed by atoms with Crippen molar-refractivity contribution in [3.63, 3.8) is 0 Å². The van der Waals surface area contributed by atoms with Crippen LogP contribution >= 0.6 is 0 Å². The Kier molecular flexibility index (Phi) is 5.36. The Morgan fingerprint density at radius 2 is 2.00 bits per heavy atom. The maximum absolute atomic E-state index is 4.70. The summed E-state index contributed by atoms with van der Waals surface area (Å²) in [6.07, 6.45) is 2.19. The molecule has 0 radical (unpaired) electrons. The number of hydrogen-bond acceptors (Lipinski definition) is 3. The first kappa shape index (κ1) is 17.5. The van der Waals surface area contributed by atoms with E-state index in [1.807, 2.05) is 0 Å². The predicted octanol–water partition coefficient (Wildman–Crippen LogP) is 2.26. The van der Waals surface area contributed by atoms with Gasteiger partial charge >= 0.3 is 0 Å². The summed E-state index contributed by atoms with van der Waals surface area (Å²) in [5.74, 6) is 2.86. The summed E-state index contributed by atoms with van der Waals surface area (Å²) in [5.41, 5.74) is 1.33. The van der Waals surface area contributed by atoms with E-state index in [4.69, 9.17) is 4.99 Å². The molecule has 0 aliphatic carbocycles. The van der Waals surface area contributed by atoms with Crippen LogP contribution in [0.3, 0.4) is 0 Å². The van der Waals surface area contributed by atoms with Gasteiger partial charge in [-0.15, -0.1) is 10.2 Å². The lowest BCUT2D eigenvalue weighted by Crippen LogP contribution is -2.43. The normalized spacial score (nSPS) is 14.4. The summed E-state index contributed by atoms with van der Waals surface area (Å²) in [5, 5.41) is 15.3. The first-order valence-electron chi connectivity index (χ1n) is 9.09. The van der Waals surface area contributed by atoms with Crippen molar-refractivity contribution >= 4 is 5.96 Å². The third kappa shape index (κ3) is 4.18. The minimum Gasteiger partial charge on any atom is -0.357 e. The van der Waals surface area contributed by atoms with Gasteiger partial charge in [0, 0.05) is 31.5 Å². The molecule has 0 unspecified atom stereocenters. The predicted molar refractivity (Wildman–Crippen MR) is 101 cm³/mol. The summed E-state index contributed by atoms with van der Waals surface area (Å²) in [6, 6.07) is 10.6. The lowest BCUT2D eigenvalue weighted by atomic mass is 9.85. The minimum atomic E-state index is 0.0214. The molecule has 25 heavy (non-hydrogen) atoms. The molecule has 2 N–H and O–H groups in total. The van der Waals surface area contributed by atoms with Gasteiger partial charge in [0.25, 0.3) is 0 Å². The molecule has 0 spiro atoms. The zero-order valence-corrected chi connectivity index (χ0v) is 15.4. The Morgan fingerprint density at radius 1 is 1.20 bits per heavy atom. The van der Waals surface area contributed by atoms with Crippen LogP contribution in [0, 0.1) is 0 Å². The van der Waals surface area contributed by atoms with Crippen LogP contribution in [0.25, 0.3) is 0 Å². The van der Waals surface area contributed by atoms with E-state index in [1.54, 1.807) is 0 Å². The number of nitrogens with zero attached hydrogens (tertiary/aromatic N) is 4. The molecule has 0 fully saturated rings. The second kappa shape index (κ2) is 7.68. The number of aliphatic imine (C=N–C) groups is 1. The number of nitrogens with one attached hydrogen (secondary N) is 2. The van der Waals surface area contributed by atoms with Crippen molar-refractivity contribution < 1.29 is 0 Å². The molecule has 1 aliphatic heterocycles. The lowest BCUT2D eigenvalue weighted by molar-refractivity contribution is 0.508. The highest BCUT2D eigenvalue weighted by Gasteiger charge is 2.21. The van der Waals surface area contributed by atoms with Gasteiger partial charge in [-0.2, -0.15) is 0 Å². The maximum Gasteiger partial charge on any atom is 0.191 e. The number of hydrogen-bond donors (Lipinski definition) is 2. The molecule has 3 rings (SSSR count). The maximum atomic E-state index is 4.70. The summed E-state index contributed by atoms with van der Waals surface area (Å²) in [6.45, 7) is 9.76. The Hall–Kier alpha value is -2.37. The fraction of sp³-hybridized carbons (Fsp3) is 0.526. The van der Waals surface area contributed by atoms with Gasteiger partial charge in [-0.05, 0) is 18.9 Å². The van der Waals surface area contributed by atoms with E-state index < -0.39 is 0 Å². The Bertz CT molecular complexity index is 717. The molecule has 1 aliphatic rings. The van der Waals surface area contributed by atoms with Gasteiger partial charge in [0.05, 0.1) is 0 Å². The van der Waals surface area contributed by atoms with Crippen LogP contribution in [0.5, 0.6) is 0 Å². The van der Waals surface area contributed by atoms with Crippen LogP contribution in [-0.4, -0.2) is 33.8 Å². The molecule has 0 saturated carbocycles. The highest BCUT2D eigenvalue weighted by atomic mass is 15.3. The molecule has 134 valence electrons. The summed E-state index contributed by atoms with van der Waals surface area (Å²) >= 11 is 0. The van der Waals surface area contributed by atoms with Crippen molar-refractivity contribution in [2.75, 3.05) is 13.1 Å². The Balaban J connectivity index is 1.64. The fourth-order valence-corrected chi connectivity index (χ4v) is 3.12. The number of aryl methyl sites for hydroxylation is 1. The van der Waals surface area contributed by atoms with Crippen molar-refractivity contribution in [3.8, 4) is 0 Å². The standard InChI is InChI=1S/C19H28N6/c1-4-20-18(21-13-17-24-23-16-11-8-12-25(16)17)22-14-19(2,3)15-9-6-5-7-10-15/h5-7,9-10H,4,8,11-14H2,1-3H3,(H2,20,21,22). The number of guanidine groups is 1. The molecule has 0 saturated heterocycles. The summed E-state index contributed by atoms with van der Waals surface area (Å²) in [4.78, 5) is 4.70. The monoisotopic (exact) mass is 340 g/mol. The van der Waals surface area contributed by atoms with Crippen LogP contribution < -0.4 is 10.6 Å². The number of aromatic nitrogens is 3. The van der Waals surface area contributed by atoms with E-state index in [0.717, 1.165) is 50.1 Å². The molecule has 6 heteroatoms. The van der Waals surface area contributed by atoms with Crippen molar-refractivity contribution in [2.24, 2.45) is 4.99 Å². The topological polar surface area (TPSA) is 67.1 Å². The minimum absolute atomic E-state index is 0.0214. The second-order valence-electron chi connectivity index (χ2n) is 7.09. The molecule has 1 aromatic heterocycles. The average molecular weight is 340 g/mol. The highest BCUT2D eigenvalue weighted by molar-refractivity contribution is 5.79. The van der Waals surface area contributed by atoms with E-state index in [9.17, 15) is 0 Å². The van der Waals surface area contributed by atoms with Crippen molar-refractivity contribution in [2.45, 2.75) is 52.1 Å².